The summed E-state index contributed by atoms with van der Waals surface area (Å²) in [6.45, 7) is 0. The number of carbonyl (C=O) groups is 1. The number of rotatable bonds is 2. The smallest absolute Gasteiger partial charge is 0.239 e. The minimum atomic E-state index is -0.559. The van der Waals surface area contributed by atoms with Gasteiger partial charge in [0.05, 0.1) is 12.7 Å². The Bertz CT molecular complexity index is 374. The summed E-state index contributed by atoms with van der Waals surface area (Å²) < 4.78 is 4.87. The van der Waals surface area contributed by atoms with Crippen molar-refractivity contribution in [2.45, 2.75) is 0 Å². The molecule has 1 rings (SSSR count). The summed E-state index contributed by atoms with van der Waals surface area (Å²) in [5.41, 5.74) is 0.0850. The Morgan fingerprint density at radius 2 is 2.31 bits per heavy atom. The number of terminal acetylenes is 1. The largest absolute Gasteiger partial charge is 0.507 e. The molecule has 66 valence electrons. The minimum absolute atomic E-state index is 0.0850. The molecule has 3 nitrogen and oxygen atoms in total. The summed E-state index contributed by atoms with van der Waals surface area (Å²) >= 11 is 0. The first-order valence-electron chi connectivity index (χ1n) is 3.57. The molecule has 0 aliphatic heterocycles. The Kier molecular flexibility index (Phi) is 2.56. The van der Waals surface area contributed by atoms with E-state index in [-0.39, 0.29) is 11.3 Å². The molecule has 0 radical (unpaired) electrons. The molecule has 0 amide bonds. The van der Waals surface area contributed by atoms with Gasteiger partial charge in [-0.25, -0.2) is 0 Å². The number of hydrogen-bond donors (Lipinski definition) is 1. The minimum Gasteiger partial charge on any atom is -0.507 e. The summed E-state index contributed by atoms with van der Waals surface area (Å²) in [5, 5.41) is 9.26. The van der Waals surface area contributed by atoms with Crippen LogP contribution in [0, 0.1) is 12.3 Å². The van der Waals surface area contributed by atoms with Crippen molar-refractivity contribution in [2.75, 3.05) is 7.11 Å². The lowest BCUT2D eigenvalue weighted by molar-refractivity contribution is 0.105. The maximum atomic E-state index is 11.1. The summed E-state index contributed by atoms with van der Waals surface area (Å²) in [6.07, 6.45) is 4.91. The molecule has 1 N–H and O–H groups in total. The molecule has 0 aliphatic rings. The fourth-order valence-electron chi connectivity index (χ4n) is 0.902. The van der Waals surface area contributed by atoms with Crippen LogP contribution in [-0.4, -0.2) is 18.0 Å². The highest BCUT2D eigenvalue weighted by atomic mass is 16.5. The highest BCUT2D eigenvalue weighted by Gasteiger charge is 2.09. The Morgan fingerprint density at radius 1 is 1.62 bits per heavy atom. The van der Waals surface area contributed by atoms with E-state index >= 15 is 0 Å². The number of aromatic hydroxyl groups is 1. The number of methoxy groups -OCH3 is 1. The molecule has 3 heteroatoms. The van der Waals surface area contributed by atoms with Crippen molar-refractivity contribution in [1.29, 1.82) is 0 Å². The zero-order valence-corrected chi connectivity index (χ0v) is 7.07. The topological polar surface area (TPSA) is 46.5 Å². The van der Waals surface area contributed by atoms with Gasteiger partial charge in [0.1, 0.15) is 11.5 Å². The Hall–Kier alpha value is -1.95. The Balaban J connectivity index is 3.20. The standard InChI is InChI=1S/C10H8O3/c1-3-9(11)8-6-7(13-2)4-5-10(8)12/h1,4-6,12H,2H3. The monoisotopic (exact) mass is 176 g/mol. The van der Waals surface area contributed by atoms with Crippen LogP contribution >= 0.6 is 0 Å². The molecular formula is C10H8O3. The molecule has 13 heavy (non-hydrogen) atoms. The first kappa shape index (κ1) is 9.14. The van der Waals surface area contributed by atoms with Gasteiger partial charge >= 0.3 is 0 Å². The van der Waals surface area contributed by atoms with Gasteiger partial charge in [-0.15, -0.1) is 6.42 Å². The summed E-state index contributed by atoms with van der Waals surface area (Å²) in [6, 6.07) is 4.31. The van der Waals surface area contributed by atoms with Gasteiger partial charge in [0.15, 0.2) is 0 Å². The van der Waals surface area contributed by atoms with Crippen LogP contribution in [0.15, 0.2) is 18.2 Å². The number of hydrogen-bond acceptors (Lipinski definition) is 3. The average Bonchev–Trinajstić information content (AvgIpc) is 2.17. The SMILES string of the molecule is C#CC(=O)c1cc(OC)ccc1O. The molecule has 0 fully saturated rings. The van der Waals surface area contributed by atoms with E-state index in [4.69, 9.17) is 11.2 Å². The quantitative estimate of drug-likeness (QED) is 0.418. The third-order valence-electron chi connectivity index (χ3n) is 1.58. The van der Waals surface area contributed by atoms with Crippen LogP contribution in [0.5, 0.6) is 11.5 Å². The third-order valence-corrected chi connectivity index (χ3v) is 1.58. The lowest BCUT2D eigenvalue weighted by Crippen LogP contribution is -1.95. The second-order valence-electron chi connectivity index (χ2n) is 2.36. The number of Topliss-reactive ketones (excluding diaryl/α,β-unsaturated/α-hetero) is 1. The summed E-state index contributed by atoms with van der Waals surface area (Å²) in [5.74, 6) is 1.71. The fraction of sp³-hybridized carbons (Fsp3) is 0.100. The highest BCUT2D eigenvalue weighted by molar-refractivity contribution is 6.10. The van der Waals surface area contributed by atoms with Crippen molar-refractivity contribution >= 4 is 5.78 Å². The normalized spacial score (nSPS) is 8.92. The van der Waals surface area contributed by atoms with Gasteiger partial charge in [0.25, 0.3) is 0 Å². The zero-order valence-electron chi connectivity index (χ0n) is 7.07. The first-order chi connectivity index (χ1) is 6.19. The predicted molar refractivity (Wildman–Crippen MR) is 47.8 cm³/mol. The summed E-state index contributed by atoms with van der Waals surface area (Å²) in [4.78, 5) is 11.1. The lowest BCUT2D eigenvalue weighted by atomic mass is 10.1. The number of carbonyl (C=O) groups excluding carboxylic acids is 1. The molecule has 0 aliphatic carbocycles. The number of ether oxygens (including phenoxy) is 1. The molecular weight excluding hydrogens is 168 g/mol. The summed E-state index contributed by atoms with van der Waals surface area (Å²) in [7, 11) is 1.47. The van der Waals surface area contributed by atoms with Gasteiger partial charge in [-0.05, 0) is 24.1 Å². The van der Waals surface area contributed by atoms with Gasteiger partial charge in [0.2, 0.25) is 5.78 Å². The maximum Gasteiger partial charge on any atom is 0.239 e. The second kappa shape index (κ2) is 3.63. The van der Waals surface area contributed by atoms with E-state index < -0.39 is 5.78 Å². The third kappa shape index (κ3) is 1.79. The van der Waals surface area contributed by atoms with E-state index in [1.54, 1.807) is 6.07 Å². The molecule has 0 unspecified atom stereocenters. The van der Waals surface area contributed by atoms with Gasteiger partial charge in [-0.2, -0.15) is 0 Å². The van der Waals surface area contributed by atoms with E-state index in [9.17, 15) is 9.90 Å². The molecule has 0 atom stereocenters. The van der Waals surface area contributed by atoms with E-state index in [1.165, 1.54) is 19.2 Å². The van der Waals surface area contributed by atoms with Gasteiger partial charge in [-0.1, -0.05) is 0 Å². The highest BCUT2D eigenvalue weighted by Crippen LogP contribution is 2.22. The number of benzene rings is 1. The molecule has 0 saturated heterocycles. The van der Waals surface area contributed by atoms with Crippen LogP contribution in [0.2, 0.25) is 0 Å². The van der Waals surface area contributed by atoms with Crippen molar-refractivity contribution in [3.8, 4) is 23.8 Å². The van der Waals surface area contributed by atoms with Crippen LogP contribution in [0.3, 0.4) is 0 Å². The van der Waals surface area contributed by atoms with Crippen molar-refractivity contribution in [1.82, 2.24) is 0 Å². The number of ketones is 1. The van der Waals surface area contributed by atoms with Gasteiger partial charge < -0.3 is 9.84 Å². The van der Waals surface area contributed by atoms with Crippen molar-refractivity contribution < 1.29 is 14.6 Å². The first-order valence-corrected chi connectivity index (χ1v) is 3.57. The average molecular weight is 176 g/mol. The molecule has 1 aromatic carbocycles. The molecule has 0 spiro atoms. The number of phenols is 1. The van der Waals surface area contributed by atoms with Crippen LogP contribution in [-0.2, 0) is 0 Å². The zero-order chi connectivity index (χ0) is 9.84. The Morgan fingerprint density at radius 3 is 2.85 bits per heavy atom. The molecule has 0 aromatic heterocycles. The van der Waals surface area contributed by atoms with Gasteiger partial charge in [-0.3, -0.25) is 4.79 Å². The molecule has 1 aromatic rings. The van der Waals surface area contributed by atoms with E-state index in [0.717, 1.165) is 0 Å². The fourth-order valence-corrected chi connectivity index (χ4v) is 0.902. The maximum absolute atomic E-state index is 11.1. The second-order valence-corrected chi connectivity index (χ2v) is 2.36. The van der Waals surface area contributed by atoms with E-state index in [2.05, 4.69) is 0 Å². The van der Waals surface area contributed by atoms with Crippen LogP contribution < -0.4 is 4.74 Å². The van der Waals surface area contributed by atoms with E-state index in [1.807, 2.05) is 5.92 Å². The van der Waals surface area contributed by atoms with Crippen LogP contribution in [0.1, 0.15) is 10.4 Å². The lowest BCUT2D eigenvalue weighted by Gasteiger charge is -2.02. The van der Waals surface area contributed by atoms with Crippen molar-refractivity contribution in [2.24, 2.45) is 0 Å². The molecule has 0 bridgehead atoms. The molecule has 0 saturated carbocycles. The van der Waals surface area contributed by atoms with Crippen LogP contribution in [0.4, 0.5) is 0 Å². The predicted octanol–water partition coefficient (Wildman–Crippen LogP) is 1.22. The van der Waals surface area contributed by atoms with Crippen LogP contribution in [0.25, 0.3) is 0 Å². The van der Waals surface area contributed by atoms with E-state index in [0.29, 0.717) is 5.75 Å². The van der Waals surface area contributed by atoms with Crippen molar-refractivity contribution in [3.63, 3.8) is 0 Å². The van der Waals surface area contributed by atoms with Crippen molar-refractivity contribution in [3.05, 3.63) is 23.8 Å². The number of phenolic OH excluding ortho intramolecular Hbond substituents is 1. The van der Waals surface area contributed by atoms with Gasteiger partial charge in [0, 0.05) is 0 Å². The molecule has 0 heterocycles. The Labute approximate surface area is 76.0 Å².